The maximum absolute atomic E-state index is 10.3. The van der Waals surface area contributed by atoms with Crippen LogP contribution in [0.5, 0.6) is 11.5 Å². The molecule has 1 aromatic carbocycles. The van der Waals surface area contributed by atoms with Crippen LogP contribution in [-0.4, -0.2) is 25.3 Å². The van der Waals surface area contributed by atoms with Crippen molar-refractivity contribution in [2.45, 2.75) is 18.9 Å². The van der Waals surface area contributed by atoms with Gasteiger partial charge >= 0.3 is 0 Å². The summed E-state index contributed by atoms with van der Waals surface area (Å²) in [6, 6.07) is 5.66. The molecule has 1 unspecified atom stereocenters. The van der Waals surface area contributed by atoms with Crippen LogP contribution in [-0.2, 0) is 11.2 Å². The van der Waals surface area contributed by atoms with E-state index in [1.165, 1.54) is 0 Å². The summed E-state index contributed by atoms with van der Waals surface area (Å²) in [5.74, 6) is 1.57. The molecule has 16 heavy (non-hydrogen) atoms. The minimum absolute atomic E-state index is 0.391. The van der Waals surface area contributed by atoms with Gasteiger partial charge in [-0.2, -0.15) is 4.99 Å². The number of rotatable bonds is 2. The SMILES string of the molecule is COc1ccc2c(c1)OCC(C)(N=C=O)C2. The van der Waals surface area contributed by atoms with E-state index in [9.17, 15) is 4.79 Å². The Hall–Kier alpha value is -1.80. The van der Waals surface area contributed by atoms with Gasteiger partial charge < -0.3 is 9.47 Å². The number of hydrogen-bond acceptors (Lipinski definition) is 4. The number of nitrogens with zero attached hydrogens (tertiary/aromatic N) is 1. The van der Waals surface area contributed by atoms with Crippen molar-refractivity contribution in [3.05, 3.63) is 23.8 Å². The van der Waals surface area contributed by atoms with E-state index in [1.54, 1.807) is 13.2 Å². The topological polar surface area (TPSA) is 47.9 Å². The van der Waals surface area contributed by atoms with Gasteiger partial charge in [-0.05, 0) is 18.6 Å². The van der Waals surface area contributed by atoms with E-state index in [-0.39, 0.29) is 0 Å². The van der Waals surface area contributed by atoms with Crippen LogP contribution in [0.1, 0.15) is 12.5 Å². The number of carbonyl (C=O) groups excluding carboxylic acids is 1. The fraction of sp³-hybridized carbons (Fsp3) is 0.417. The third kappa shape index (κ3) is 1.92. The summed E-state index contributed by atoms with van der Waals surface area (Å²) in [4.78, 5) is 14.1. The van der Waals surface area contributed by atoms with Crippen LogP contribution in [0, 0.1) is 0 Å². The molecule has 0 radical (unpaired) electrons. The number of isocyanates is 1. The maximum atomic E-state index is 10.3. The lowest BCUT2D eigenvalue weighted by atomic mass is 9.91. The number of benzene rings is 1. The molecule has 2 rings (SSSR count). The van der Waals surface area contributed by atoms with Gasteiger partial charge in [0.05, 0.1) is 7.11 Å². The highest BCUT2D eigenvalue weighted by Gasteiger charge is 2.31. The quantitative estimate of drug-likeness (QED) is 0.562. The minimum atomic E-state index is -0.497. The van der Waals surface area contributed by atoms with Crippen LogP contribution in [0.15, 0.2) is 23.2 Å². The highest BCUT2D eigenvalue weighted by Crippen LogP contribution is 2.33. The first kappa shape index (κ1) is 10.7. The fourth-order valence-corrected chi connectivity index (χ4v) is 1.82. The third-order valence-electron chi connectivity index (χ3n) is 2.70. The van der Waals surface area contributed by atoms with E-state index >= 15 is 0 Å². The van der Waals surface area contributed by atoms with Crippen LogP contribution in [0.25, 0.3) is 0 Å². The van der Waals surface area contributed by atoms with Crippen LogP contribution in [0.2, 0.25) is 0 Å². The van der Waals surface area contributed by atoms with E-state index in [4.69, 9.17) is 9.47 Å². The molecule has 0 aromatic heterocycles. The van der Waals surface area contributed by atoms with Crippen molar-refractivity contribution < 1.29 is 14.3 Å². The fourth-order valence-electron chi connectivity index (χ4n) is 1.82. The Bertz CT molecular complexity index is 452. The van der Waals surface area contributed by atoms with Crippen molar-refractivity contribution in [3.8, 4) is 11.5 Å². The first-order valence-electron chi connectivity index (χ1n) is 5.06. The maximum Gasteiger partial charge on any atom is 0.235 e. The molecule has 4 heteroatoms. The summed E-state index contributed by atoms with van der Waals surface area (Å²) in [6.07, 6.45) is 2.28. The number of ether oxygens (including phenoxy) is 2. The molecule has 1 atom stereocenters. The average molecular weight is 219 g/mol. The van der Waals surface area contributed by atoms with Crippen LogP contribution in [0.4, 0.5) is 0 Å². The molecule has 1 aliphatic heterocycles. The first-order valence-corrected chi connectivity index (χ1v) is 5.06. The third-order valence-corrected chi connectivity index (χ3v) is 2.70. The van der Waals surface area contributed by atoms with Gasteiger partial charge in [-0.15, -0.1) is 0 Å². The molecular formula is C12H13NO3. The van der Waals surface area contributed by atoms with Gasteiger partial charge in [0, 0.05) is 12.5 Å². The Morgan fingerprint density at radius 2 is 2.38 bits per heavy atom. The van der Waals surface area contributed by atoms with Gasteiger partial charge in [0.25, 0.3) is 0 Å². The number of aliphatic imine (C=N–C) groups is 1. The van der Waals surface area contributed by atoms with E-state index in [0.29, 0.717) is 13.0 Å². The van der Waals surface area contributed by atoms with Crippen molar-refractivity contribution in [2.24, 2.45) is 4.99 Å². The van der Waals surface area contributed by atoms with Crippen molar-refractivity contribution in [1.82, 2.24) is 0 Å². The molecule has 0 bridgehead atoms. The summed E-state index contributed by atoms with van der Waals surface area (Å²) < 4.78 is 10.7. The lowest BCUT2D eigenvalue weighted by Crippen LogP contribution is -2.36. The summed E-state index contributed by atoms with van der Waals surface area (Å²) in [5, 5.41) is 0. The molecule has 0 saturated carbocycles. The van der Waals surface area contributed by atoms with Gasteiger partial charge in [-0.25, -0.2) is 4.79 Å². The number of hydrogen-bond donors (Lipinski definition) is 0. The average Bonchev–Trinajstić information content (AvgIpc) is 2.28. The zero-order valence-corrected chi connectivity index (χ0v) is 9.32. The number of fused-ring (bicyclic) bond motifs is 1. The molecule has 0 N–H and O–H groups in total. The second-order valence-corrected chi connectivity index (χ2v) is 4.14. The van der Waals surface area contributed by atoms with E-state index in [0.717, 1.165) is 17.1 Å². The highest BCUT2D eigenvalue weighted by atomic mass is 16.5. The summed E-state index contributed by atoms with van der Waals surface area (Å²) >= 11 is 0. The molecule has 1 heterocycles. The van der Waals surface area contributed by atoms with Gasteiger partial charge in [-0.3, -0.25) is 0 Å². The summed E-state index contributed by atoms with van der Waals surface area (Å²) in [7, 11) is 1.62. The summed E-state index contributed by atoms with van der Waals surface area (Å²) in [5.41, 5.74) is 0.539. The smallest absolute Gasteiger partial charge is 0.235 e. The van der Waals surface area contributed by atoms with Gasteiger partial charge in [0.2, 0.25) is 6.08 Å². The molecule has 1 aliphatic rings. The molecule has 84 valence electrons. The molecule has 0 aliphatic carbocycles. The van der Waals surface area contributed by atoms with Crippen LogP contribution < -0.4 is 9.47 Å². The molecule has 0 saturated heterocycles. The highest BCUT2D eigenvalue weighted by molar-refractivity contribution is 5.44. The van der Waals surface area contributed by atoms with E-state index in [2.05, 4.69) is 4.99 Å². The molecule has 1 aromatic rings. The van der Waals surface area contributed by atoms with E-state index < -0.39 is 5.54 Å². The molecule has 0 fully saturated rings. The predicted molar refractivity (Wildman–Crippen MR) is 58.7 cm³/mol. The Balaban J connectivity index is 2.31. The zero-order chi connectivity index (χ0) is 11.6. The Morgan fingerprint density at radius 3 is 3.06 bits per heavy atom. The monoisotopic (exact) mass is 219 g/mol. The molecule has 4 nitrogen and oxygen atoms in total. The second kappa shape index (κ2) is 3.99. The van der Waals surface area contributed by atoms with Gasteiger partial charge in [0.1, 0.15) is 23.6 Å². The van der Waals surface area contributed by atoms with Crippen molar-refractivity contribution in [2.75, 3.05) is 13.7 Å². The Kier molecular flexibility index (Phi) is 2.67. The zero-order valence-electron chi connectivity index (χ0n) is 9.32. The Labute approximate surface area is 93.9 Å². The van der Waals surface area contributed by atoms with Crippen molar-refractivity contribution in [1.29, 1.82) is 0 Å². The minimum Gasteiger partial charge on any atom is -0.497 e. The molecular weight excluding hydrogens is 206 g/mol. The standard InChI is InChI=1S/C12H13NO3/c1-12(13-8-14)6-9-3-4-10(15-2)5-11(9)16-7-12/h3-5H,6-7H2,1-2H3. The largest absolute Gasteiger partial charge is 0.497 e. The molecule has 0 amide bonds. The Morgan fingerprint density at radius 1 is 1.56 bits per heavy atom. The first-order chi connectivity index (χ1) is 7.67. The summed E-state index contributed by atoms with van der Waals surface area (Å²) in [6.45, 7) is 2.27. The second-order valence-electron chi connectivity index (χ2n) is 4.14. The molecule has 0 spiro atoms. The normalized spacial score (nSPS) is 22.6. The lowest BCUT2D eigenvalue weighted by Gasteiger charge is -2.30. The predicted octanol–water partition coefficient (Wildman–Crippen LogP) is 1.72. The van der Waals surface area contributed by atoms with Crippen LogP contribution in [0.3, 0.4) is 0 Å². The van der Waals surface area contributed by atoms with Crippen LogP contribution >= 0.6 is 0 Å². The van der Waals surface area contributed by atoms with Gasteiger partial charge in [-0.1, -0.05) is 6.07 Å². The van der Waals surface area contributed by atoms with E-state index in [1.807, 2.05) is 25.1 Å². The van der Waals surface area contributed by atoms with Crippen molar-refractivity contribution in [3.63, 3.8) is 0 Å². The number of methoxy groups -OCH3 is 1. The van der Waals surface area contributed by atoms with Gasteiger partial charge in [0.15, 0.2) is 0 Å². The lowest BCUT2D eigenvalue weighted by molar-refractivity contribution is 0.204. The van der Waals surface area contributed by atoms with Crippen molar-refractivity contribution >= 4 is 6.08 Å².